The van der Waals surface area contributed by atoms with Gasteiger partial charge in [0.05, 0.1) is 12.1 Å². The lowest BCUT2D eigenvalue weighted by atomic mass is 10.2. The highest BCUT2D eigenvalue weighted by molar-refractivity contribution is 5.86. The van der Waals surface area contributed by atoms with Crippen LogP contribution < -0.4 is 10.1 Å². The number of aromatic nitrogens is 1. The van der Waals surface area contributed by atoms with Crippen LogP contribution in [0.3, 0.4) is 0 Å². The highest BCUT2D eigenvalue weighted by Gasteiger charge is 2.06. The van der Waals surface area contributed by atoms with E-state index in [1.807, 2.05) is 13.0 Å². The van der Waals surface area contributed by atoms with E-state index in [0.29, 0.717) is 12.6 Å². The molecule has 0 bridgehead atoms. The van der Waals surface area contributed by atoms with Crippen molar-refractivity contribution in [2.75, 3.05) is 13.2 Å². The van der Waals surface area contributed by atoms with Crippen molar-refractivity contribution in [3.8, 4) is 5.75 Å². The van der Waals surface area contributed by atoms with Gasteiger partial charge in [0.2, 0.25) is 0 Å². The fourth-order valence-electron chi connectivity index (χ4n) is 2.64. The van der Waals surface area contributed by atoms with Crippen molar-refractivity contribution in [2.45, 2.75) is 46.2 Å². The summed E-state index contributed by atoms with van der Waals surface area (Å²) in [7, 11) is 0. The first-order valence-electron chi connectivity index (χ1n) is 7.70. The van der Waals surface area contributed by atoms with Gasteiger partial charge in [-0.15, -0.1) is 0 Å². The molecule has 0 aliphatic heterocycles. The Balaban J connectivity index is 2.02. The number of nitrogens with zero attached hydrogens (tertiary/aromatic N) is 1. The second kappa shape index (κ2) is 7.34. The molecule has 2 aromatic rings. The number of hydrogen-bond donors (Lipinski definition) is 1. The zero-order chi connectivity index (χ0) is 14.4. The lowest BCUT2D eigenvalue weighted by Crippen LogP contribution is -2.29. The highest BCUT2D eigenvalue weighted by Crippen LogP contribution is 2.26. The first-order chi connectivity index (χ1) is 9.76. The van der Waals surface area contributed by atoms with Gasteiger partial charge in [-0.05, 0) is 38.5 Å². The number of nitrogens with one attached hydrogen (secondary N) is 1. The van der Waals surface area contributed by atoms with Gasteiger partial charge >= 0.3 is 0 Å². The van der Waals surface area contributed by atoms with Crippen LogP contribution >= 0.6 is 0 Å². The van der Waals surface area contributed by atoms with E-state index >= 15 is 0 Å². The molecule has 0 saturated heterocycles. The van der Waals surface area contributed by atoms with Crippen LogP contribution in [-0.4, -0.2) is 23.8 Å². The quantitative estimate of drug-likeness (QED) is 0.792. The summed E-state index contributed by atoms with van der Waals surface area (Å²) >= 11 is 0. The molecule has 110 valence electrons. The Morgan fingerprint density at radius 3 is 2.85 bits per heavy atom. The third-order valence-electron chi connectivity index (χ3n) is 3.64. The van der Waals surface area contributed by atoms with Crippen molar-refractivity contribution in [3.05, 3.63) is 30.5 Å². The fourth-order valence-corrected chi connectivity index (χ4v) is 2.64. The van der Waals surface area contributed by atoms with Crippen LogP contribution in [0.2, 0.25) is 0 Å². The molecule has 1 aromatic heterocycles. The lowest BCUT2D eigenvalue weighted by molar-refractivity contribution is 0.344. The van der Waals surface area contributed by atoms with Crippen molar-refractivity contribution in [2.24, 2.45) is 0 Å². The van der Waals surface area contributed by atoms with Crippen LogP contribution in [0.5, 0.6) is 5.75 Å². The molecular formula is C17H26N2O. The zero-order valence-electron chi connectivity index (χ0n) is 12.9. The van der Waals surface area contributed by atoms with Gasteiger partial charge in [-0.2, -0.15) is 0 Å². The number of fused-ring (bicyclic) bond motifs is 1. The standard InChI is InChI=1S/C17H26N2O/c1-4-7-14(3)18-11-13-19-12-10-15-16(19)8-6-9-17(15)20-5-2/h6,8-10,12,14,18H,4-5,7,11,13H2,1-3H3. The van der Waals surface area contributed by atoms with Crippen molar-refractivity contribution < 1.29 is 4.74 Å². The first kappa shape index (κ1) is 14.9. The Bertz CT molecular complexity index is 533. The van der Waals surface area contributed by atoms with Gasteiger partial charge < -0.3 is 14.6 Å². The molecule has 0 saturated carbocycles. The summed E-state index contributed by atoms with van der Waals surface area (Å²) in [6.07, 6.45) is 4.62. The maximum absolute atomic E-state index is 5.68. The van der Waals surface area contributed by atoms with Gasteiger partial charge in [0, 0.05) is 30.7 Å². The van der Waals surface area contributed by atoms with E-state index in [9.17, 15) is 0 Å². The molecule has 0 aliphatic rings. The number of benzene rings is 1. The fraction of sp³-hybridized carbons (Fsp3) is 0.529. The van der Waals surface area contributed by atoms with Gasteiger partial charge in [-0.3, -0.25) is 0 Å². The van der Waals surface area contributed by atoms with Crippen LogP contribution in [0.15, 0.2) is 30.5 Å². The SMILES string of the molecule is CCCC(C)NCCn1ccc2c(OCC)cccc21. The van der Waals surface area contributed by atoms with Gasteiger partial charge in [0.15, 0.2) is 0 Å². The molecule has 2 rings (SSSR count). The molecule has 3 nitrogen and oxygen atoms in total. The average molecular weight is 274 g/mol. The average Bonchev–Trinajstić information content (AvgIpc) is 2.84. The van der Waals surface area contributed by atoms with Crippen molar-refractivity contribution in [1.29, 1.82) is 0 Å². The van der Waals surface area contributed by atoms with E-state index in [1.54, 1.807) is 0 Å². The molecule has 0 aliphatic carbocycles. The Labute approximate surface area is 121 Å². The molecule has 1 unspecified atom stereocenters. The van der Waals surface area contributed by atoms with Gasteiger partial charge in [-0.1, -0.05) is 19.4 Å². The number of hydrogen-bond acceptors (Lipinski definition) is 2. The Kier molecular flexibility index (Phi) is 5.48. The molecule has 0 spiro atoms. The number of rotatable bonds is 8. The summed E-state index contributed by atoms with van der Waals surface area (Å²) in [4.78, 5) is 0. The summed E-state index contributed by atoms with van der Waals surface area (Å²) in [6, 6.07) is 9.01. The molecule has 20 heavy (non-hydrogen) atoms. The Hall–Kier alpha value is -1.48. The molecule has 1 aromatic carbocycles. The van der Waals surface area contributed by atoms with E-state index in [4.69, 9.17) is 4.74 Å². The normalized spacial score (nSPS) is 12.8. The summed E-state index contributed by atoms with van der Waals surface area (Å²) in [5.41, 5.74) is 1.25. The van der Waals surface area contributed by atoms with Crippen molar-refractivity contribution >= 4 is 10.9 Å². The van der Waals surface area contributed by atoms with Gasteiger partial charge in [0.25, 0.3) is 0 Å². The predicted molar refractivity (Wildman–Crippen MR) is 85.5 cm³/mol. The van der Waals surface area contributed by atoms with Crippen molar-refractivity contribution in [3.63, 3.8) is 0 Å². The second-order valence-electron chi connectivity index (χ2n) is 5.27. The minimum Gasteiger partial charge on any atom is -0.493 e. The van der Waals surface area contributed by atoms with Crippen LogP contribution in [0, 0.1) is 0 Å². The molecule has 0 amide bonds. The predicted octanol–water partition coefficient (Wildman–Crippen LogP) is 3.82. The van der Waals surface area contributed by atoms with E-state index in [0.717, 1.165) is 18.8 Å². The van der Waals surface area contributed by atoms with E-state index in [-0.39, 0.29) is 0 Å². The smallest absolute Gasteiger partial charge is 0.128 e. The molecule has 1 N–H and O–H groups in total. The van der Waals surface area contributed by atoms with Gasteiger partial charge in [-0.25, -0.2) is 0 Å². The third kappa shape index (κ3) is 3.54. The Morgan fingerprint density at radius 2 is 2.10 bits per heavy atom. The lowest BCUT2D eigenvalue weighted by Gasteiger charge is -2.13. The third-order valence-corrected chi connectivity index (χ3v) is 3.64. The summed E-state index contributed by atoms with van der Waals surface area (Å²) in [6.45, 7) is 9.21. The van der Waals surface area contributed by atoms with E-state index < -0.39 is 0 Å². The van der Waals surface area contributed by atoms with Crippen LogP contribution in [0.1, 0.15) is 33.6 Å². The Morgan fingerprint density at radius 1 is 1.25 bits per heavy atom. The maximum Gasteiger partial charge on any atom is 0.128 e. The molecular weight excluding hydrogens is 248 g/mol. The summed E-state index contributed by atoms with van der Waals surface area (Å²) in [5, 5.41) is 4.78. The van der Waals surface area contributed by atoms with E-state index in [2.05, 4.69) is 48.1 Å². The second-order valence-corrected chi connectivity index (χ2v) is 5.27. The molecule has 1 atom stereocenters. The maximum atomic E-state index is 5.68. The first-order valence-corrected chi connectivity index (χ1v) is 7.70. The molecule has 0 radical (unpaired) electrons. The van der Waals surface area contributed by atoms with Crippen LogP contribution in [0.25, 0.3) is 10.9 Å². The monoisotopic (exact) mass is 274 g/mol. The van der Waals surface area contributed by atoms with E-state index in [1.165, 1.54) is 23.7 Å². The van der Waals surface area contributed by atoms with Crippen LogP contribution in [0.4, 0.5) is 0 Å². The molecule has 3 heteroatoms. The van der Waals surface area contributed by atoms with Crippen molar-refractivity contribution in [1.82, 2.24) is 9.88 Å². The minimum atomic E-state index is 0.598. The van der Waals surface area contributed by atoms with Crippen LogP contribution in [-0.2, 0) is 6.54 Å². The summed E-state index contributed by atoms with van der Waals surface area (Å²) in [5.74, 6) is 0.982. The molecule has 0 fully saturated rings. The topological polar surface area (TPSA) is 26.2 Å². The summed E-state index contributed by atoms with van der Waals surface area (Å²) < 4.78 is 7.97. The minimum absolute atomic E-state index is 0.598. The zero-order valence-corrected chi connectivity index (χ0v) is 12.9. The largest absolute Gasteiger partial charge is 0.493 e. The van der Waals surface area contributed by atoms with Gasteiger partial charge in [0.1, 0.15) is 5.75 Å². The highest BCUT2D eigenvalue weighted by atomic mass is 16.5. The number of ether oxygens (including phenoxy) is 1. The molecule has 1 heterocycles.